The minimum atomic E-state index is -0.893. The third kappa shape index (κ3) is 9.74. The number of amides is 3. The number of aryl methyl sites for hydroxylation is 2. The highest BCUT2D eigenvalue weighted by Gasteiger charge is 2.38. The van der Waals surface area contributed by atoms with Gasteiger partial charge in [0.2, 0.25) is 11.8 Å². The summed E-state index contributed by atoms with van der Waals surface area (Å²) in [6.07, 6.45) is 1.33. The summed E-state index contributed by atoms with van der Waals surface area (Å²) in [7, 11) is 0. The molecule has 2 N–H and O–H groups in total. The molecule has 0 saturated carbocycles. The Morgan fingerprint density at radius 3 is 2.03 bits per heavy atom. The Morgan fingerprint density at radius 1 is 1.06 bits per heavy atom. The first kappa shape index (κ1) is 30.2. The molecular formula is C28H45N3O4. The lowest BCUT2D eigenvalue weighted by atomic mass is 9.92. The number of carbonyl (C=O) groups is 3. The van der Waals surface area contributed by atoms with Crippen molar-refractivity contribution in [2.75, 3.05) is 6.54 Å². The summed E-state index contributed by atoms with van der Waals surface area (Å²) in [4.78, 5) is 41.8. The van der Waals surface area contributed by atoms with Gasteiger partial charge in [-0.2, -0.15) is 0 Å². The molecular weight excluding hydrogens is 442 g/mol. The number of rotatable bonds is 9. The molecule has 0 aromatic heterocycles. The van der Waals surface area contributed by atoms with Crippen molar-refractivity contribution in [1.29, 1.82) is 0 Å². The van der Waals surface area contributed by atoms with Gasteiger partial charge in [0.1, 0.15) is 17.7 Å². The Balaban J connectivity index is 3.58. The minimum Gasteiger partial charge on any atom is -0.444 e. The quantitative estimate of drug-likeness (QED) is 0.468. The highest BCUT2D eigenvalue weighted by atomic mass is 16.6. The van der Waals surface area contributed by atoms with Gasteiger partial charge in [-0.05, 0) is 84.4 Å². The van der Waals surface area contributed by atoms with E-state index in [4.69, 9.17) is 4.74 Å². The average Bonchev–Trinajstić information content (AvgIpc) is 2.65. The first-order valence-corrected chi connectivity index (χ1v) is 12.3. The highest BCUT2D eigenvalue weighted by molar-refractivity contribution is 5.93. The molecule has 0 heterocycles. The van der Waals surface area contributed by atoms with Gasteiger partial charge in [0.25, 0.3) is 0 Å². The lowest BCUT2D eigenvalue weighted by molar-refractivity contribution is -0.142. The summed E-state index contributed by atoms with van der Waals surface area (Å²) in [6, 6.07) is 4.04. The molecule has 0 spiro atoms. The molecule has 1 rings (SSSR count). The van der Waals surface area contributed by atoms with Crippen molar-refractivity contribution < 1.29 is 19.1 Å². The highest BCUT2D eigenvalue weighted by Crippen LogP contribution is 2.29. The van der Waals surface area contributed by atoms with Gasteiger partial charge in [0, 0.05) is 12.1 Å². The number of hydrogen-bond acceptors (Lipinski definition) is 4. The van der Waals surface area contributed by atoms with E-state index in [-0.39, 0.29) is 24.3 Å². The van der Waals surface area contributed by atoms with E-state index < -0.39 is 29.3 Å². The van der Waals surface area contributed by atoms with Crippen LogP contribution in [0.15, 0.2) is 30.9 Å². The van der Waals surface area contributed by atoms with Crippen molar-refractivity contribution in [3.8, 4) is 0 Å². The first-order valence-electron chi connectivity index (χ1n) is 12.3. The molecule has 7 heteroatoms. The van der Waals surface area contributed by atoms with Crippen LogP contribution >= 0.6 is 0 Å². The summed E-state index contributed by atoms with van der Waals surface area (Å²) in [5.74, 6) is -0.529. The van der Waals surface area contributed by atoms with Crippen LogP contribution in [0.25, 0.3) is 0 Å². The summed E-state index contributed by atoms with van der Waals surface area (Å²) >= 11 is 0. The Labute approximate surface area is 211 Å². The molecule has 0 saturated heterocycles. The molecule has 3 amide bonds. The van der Waals surface area contributed by atoms with E-state index in [0.29, 0.717) is 6.42 Å². The van der Waals surface area contributed by atoms with Crippen LogP contribution in [0.4, 0.5) is 4.79 Å². The van der Waals surface area contributed by atoms with Crippen LogP contribution in [0, 0.1) is 19.8 Å². The van der Waals surface area contributed by atoms with Gasteiger partial charge in [-0.3, -0.25) is 9.59 Å². The largest absolute Gasteiger partial charge is 0.444 e. The number of benzene rings is 1. The van der Waals surface area contributed by atoms with E-state index in [9.17, 15) is 14.4 Å². The second-order valence-corrected chi connectivity index (χ2v) is 11.6. The number of nitrogens with zero attached hydrogens (tertiary/aromatic N) is 1. The SMILES string of the molecule is C=CCN(C(=O)C(CC(C)C)NC(=O)OC(C)(C)C)C(C(=O)NC(C)(C)C)c1c(C)cccc1C. The molecule has 0 aliphatic rings. The molecule has 35 heavy (non-hydrogen) atoms. The molecule has 1 aromatic rings. The second kappa shape index (κ2) is 12.2. The number of carbonyl (C=O) groups excluding carboxylic acids is 3. The van der Waals surface area contributed by atoms with Crippen molar-refractivity contribution >= 4 is 17.9 Å². The number of hydrogen-bond donors (Lipinski definition) is 2. The zero-order valence-electron chi connectivity index (χ0n) is 23.2. The van der Waals surface area contributed by atoms with Crippen LogP contribution < -0.4 is 10.6 Å². The van der Waals surface area contributed by atoms with Gasteiger partial charge in [0.05, 0.1) is 0 Å². The van der Waals surface area contributed by atoms with E-state index in [2.05, 4.69) is 17.2 Å². The molecule has 0 aliphatic carbocycles. The maximum absolute atomic E-state index is 14.0. The zero-order chi connectivity index (χ0) is 27.1. The molecule has 0 fully saturated rings. The molecule has 2 atom stereocenters. The topological polar surface area (TPSA) is 87.7 Å². The third-order valence-electron chi connectivity index (χ3n) is 5.18. The average molecular weight is 488 g/mol. The van der Waals surface area contributed by atoms with E-state index in [1.165, 1.54) is 4.90 Å². The minimum absolute atomic E-state index is 0.117. The maximum Gasteiger partial charge on any atom is 0.408 e. The van der Waals surface area contributed by atoms with E-state index in [1.54, 1.807) is 26.8 Å². The van der Waals surface area contributed by atoms with Gasteiger partial charge >= 0.3 is 6.09 Å². The maximum atomic E-state index is 14.0. The van der Waals surface area contributed by atoms with Gasteiger partial charge in [-0.15, -0.1) is 6.58 Å². The predicted molar refractivity (Wildman–Crippen MR) is 141 cm³/mol. The van der Waals surface area contributed by atoms with Crippen LogP contribution in [0.5, 0.6) is 0 Å². The molecule has 2 unspecified atom stereocenters. The fourth-order valence-electron chi connectivity index (χ4n) is 3.93. The molecule has 0 radical (unpaired) electrons. The lowest BCUT2D eigenvalue weighted by Crippen LogP contribution is -2.55. The van der Waals surface area contributed by atoms with E-state index in [1.807, 2.05) is 66.7 Å². The van der Waals surface area contributed by atoms with Gasteiger partial charge in [0.15, 0.2) is 0 Å². The molecule has 0 aliphatic heterocycles. The van der Waals surface area contributed by atoms with Crippen molar-refractivity contribution in [2.24, 2.45) is 5.92 Å². The van der Waals surface area contributed by atoms with Gasteiger partial charge in [-0.25, -0.2) is 4.79 Å². The number of nitrogens with one attached hydrogen (secondary N) is 2. The summed E-state index contributed by atoms with van der Waals surface area (Å²) < 4.78 is 5.42. The van der Waals surface area contributed by atoms with Crippen molar-refractivity contribution in [3.63, 3.8) is 0 Å². The Bertz CT molecular complexity index is 890. The lowest BCUT2D eigenvalue weighted by Gasteiger charge is -2.37. The fourth-order valence-corrected chi connectivity index (χ4v) is 3.93. The normalized spacial score (nSPS) is 13.6. The molecule has 0 bridgehead atoms. The van der Waals surface area contributed by atoms with Crippen LogP contribution in [-0.2, 0) is 14.3 Å². The van der Waals surface area contributed by atoms with Crippen LogP contribution in [0.1, 0.15) is 84.5 Å². The Kier molecular flexibility index (Phi) is 10.6. The van der Waals surface area contributed by atoms with E-state index >= 15 is 0 Å². The number of alkyl carbamates (subject to hydrolysis) is 1. The summed E-state index contributed by atoms with van der Waals surface area (Å²) in [5.41, 5.74) is 1.37. The van der Waals surface area contributed by atoms with Crippen molar-refractivity contribution in [3.05, 3.63) is 47.5 Å². The van der Waals surface area contributed by atoms with Crippen LogP contribution in [-0.4, -0.2) is 46.5 Å². The molecule has 7 nitrogen and oxygen atoms in total. The van der Waals surface area contributed by atoms with Crippen LogP contribution in [0.3, 0.4) is 0 Å². The monoisotopic (exact) mass is 487 g/mol. The summed E-state index contributed by atoms with van der Waals surface area (Å²) in [6.45, 7) is 22.8. The molecule has 196 valence electrons. The van der Waals surface area contributed by atoms with Gasteiger partial charge < -0.3 is 20.3 Å². The second-order valence-electron chi connectivity index (χ2n) is 11.6. The summed E-state index contributed by atoms with van der Waals surface area (Å²) in [5, 5.41) is 5.79. The number of ether oxygens (including phenoxy) is 1. The smallest absolute Gasteiger partial charge is 0.408 e. The molecule has 1 aromatic carbocycles. The van der Waals surface area contributed by atoms with Crippen molar-refractivity contribution in [2.45, 2.75) is 98.9 Å². The third-order valence-corrected chi connectivity index (χ3v) is 5.18. The predicted octanol–water partition coefficient (Wildman–Crippen LogP) is 5.21. The van der Waals surface area contributed by atoms with E-state index in [0.717, 1.165) is 16.7 Å². The standard InChI is InChI=1S/C28H45N3O4/c1-12-16-31(25(33)21(17-18(2)3)29-26(34)35-28(9,10)11)23(24(32)30-27(6,7)8)22-19(4)14-13-15-20(22)5/h12-15,18,21,23H,1,16-17H2,2-11H3,(H,29,34)(H,30,32). The fraction of sp³-hybridized carbons (Fsp3) is 0.607. The van der Waals surface area contributed by atoms with Crippen molar-refractivity contribution in [1.82, 2.24) is 15.5 Å². The first-order chi connectivity index (χ1) is 16.0. The Morgan fingerprint density at radius 2 is 1.60 bits per heavy atom. The van der Waals surface area contributed by atoms with Gasteiger partial charge in [-0.1, -0.05) is 38.1 Å². The van der Waals surface area contributed by atoms with Crippen LogP contribution in [0.2, 0.25) is 0 Å². The zero-order valence-corrected chi connectivity index (χ0v) is 23.2. The Hall–Kier alpha value is -2.83.